The molecule has 0 spiro atoms. The Bertz CT molecular complexity index is 515. The molecule has 0 bridgehead atoms. The molecule has 0 amide bonds. The van der Waals surface area contributed by atoms with Crippen molar-refractivity contribution in [3.8, 4) is 0 Å². The van der Waals surface area contributed by atoms with E-state index in [0.717, 1.165) is 27.7 Å². The number of thiophene rings is 1. The summed E-state index contributed by atoms with van der Waals surface area (Å²) in [4.78, 5) is 0.978. The van der Waals surface area contributed by atoms with Gasteiger partial charge in [0.25, 0.3) is 0 Å². The molecule has 1 aromatic rings. The maximum atomic E-state index is 12.1. The van der Waals surface area contributed by atoms with Crippen molar-refractivity contribution in [3.05, 3.63) is 20.8 Å². The summed E-state index contributed by atoms with van der Waals surface area (Å²) < 4.78 is 24.0. The molecular weight excluding hydrogens is 302 g/mol. The lowest BCUT2D eigenvalue weighted by molar-refractivity contribution is 0.425. The molecular formula is C13H22ClNO2S2. The largest absolute Gasteiger partial charge is 0.308 e. The number of hydrogen-bond acceptors (Lipinski definition) is 4. The second-order valence-corrected chi connectivity index (χ2v) is 9.65. The molecule has 0 aliphatic heterocycles. The lowest BCUT2D eigenvalue weighted by atomic mass is 10.0. The molecule has 110 valence electrons. The molecule has 3 nitrogen and oxygen atoms in total. The van der Waals surface area contributed by atoms with Crippen molar-refractivity contribution in [1.82, 2.24) is 5.32 Å². The Morgan fingerprint density at radius 1 is 1.47 bits per heavy atom. The molecule has 1 aromatic heterocycles. The maximum absolute atomic E-state index is 12.1. The monoisotopic (exact) mass is 323 g/mol. The van der Waals surface area contributed by atoms with Crippen molar-refractivity contribution in [2.75, 3.05) is 12.8 Å². The highest BCUT2D eigenvalue weighted by Crippen LogP contribution is 2.38. The van der Waals surface area contributed by atoms with E-state index in [1.54, 1.807) is 13.8 Å². The van der Waals surface area contributed by atoms with E-state index in [0.29, 0.717) is 0 Å². The Labute approximate surface area is 125 Å². The van der Waals surface area contributed by atoms with Gasteiger partial charge in [-0.05, 0) is 45.4 Å². The van der Waals surface area contributed by atoms with Gasteiger partial charge < -0.3 is 5.32 Å². The van der Waals surface area contributed by atoms with E-state index in [2.05, 4.69) is 12.2 Å². The minimum absolute atomic E-state index is 0.237. The number of halogens is 1. The second-order valence-electron chi connectivity index (χ2n) is 5.37. The van der Waals surface area contributed by atoms with E-state index < -0.39 is 14.6 Å². The van der Waals surface area contributed by atoms with Crippen LogP contribution in [-0.2, 0) is 9.84 Å². The molecule has 0 saturated heterocycles. The van der Waals surface area contributed by atoms with Crippen molar-refractivity contribution in [2.24, 2.45) is 0 Å². The van der Waals surface area contributed by atoms with Crippen LogP contribution in [0.15, 0.2) is 6.07 Å². The summed E-state index contributed by atoms with van der Waals surface area (Å²) in [6.07, 6.45) is 2.24. The van der Waals surface area contributed by atoms with Crippen LogP contribution in [0, 0.1) is 6.92 Å². The van der Waals surface area contributed by atoms with Crippen LogP contribution in [0.3, 0.4) is 0 Å². The molecule has 0 aliphatic carbocycles. The van der Waals surface area contributed by atoms with Crippen LogP contribution < -0.4 is 5.32 Å². The predicted molar refractivity (Wildman–Crippen MR) is 84.0 cm³/mol. The highest BCUT2D eigenvalue weighted by atomic mass is 35.5. The molecule has 0 saturated carbocycles. The van der Waals surface area contributed by atoms with E-state index in [9.17, 15) is 8.42 Å². The summed E-state index contributed by atoms with van der Waals surface area (Å²) >= 11 is 7.57. The van der Waals surface area contributed by atoms with Crippen LogP contribution in [0.25, 0.3) is 0 Å². The number of sulfone groups is 1. The number of rotatable bonds is 6. The Kier molecular flexibility index (Phi) is 5.46. The minimum Gasteiger partial charge on any atom is -0.308 e. The van der Waals surface area contributed by atoms with Gasteiger partial charge in [0.1, 0.15) is 0 Å². The lowest BCUT2D eigenvalue weighted by Gasteiger charge is -2.32. The van der Waals surface area contributed by atoms with Gasteiger partial charge in [0.05, 0.1) is 15.1 Å². The fraction of sp³-hybridized carbons (Fsp3) is 0.692. The number of aryl methyl sites for hydroxylation is 1. The Hall–Kier alpha value is -0.100. The van der Waals surface area contributed by atoms with Crippen LogP contribution >= 0.6 is 22.9 Å². The third-order valence-corrected chi connectivity index (χ3v) is 7.18. The van der Waals surface area contributed by atoms with Gasteiger partial charge in [-0.1, -0.05) is 18.5 Å². The first-order chi connectivity index (χ1) is 8.61. The quantitative estimate of drug-likeness (QED) is 0.870. The first-order valence-electron chi connectivity index (χ1n) is 6.30. The maximum Gasteiger partial charge on any atom is 0.154 e. The molecule has 1 atom stereocenters. The second kappa shape index (κ2) is 6.12. The average molecular weight is 324 g/mol. The van der Waals surface area contributed by atoms with E-state index in [1.807, 2.05) is 13.0 Å². The van der Waals surface area contributed by atoms with Gasteiger partial charge in [-0.3, -0.25) is 0 Å². The van der Waals surface area contributed by atoms with Crippen LogP contribution in [0.4, 0.5) is 0 Å². The van der Waals surface area contributed by atoms with Crippen molar-refractivity contribution >= 4 is 32.8 Å². The SMILES string of the molecule is CCCNC(c1cc(C)c(Cl)s1)C(C)(C)S(C)(=O)=O. The Balaban J connectivity index is 3.22. The summed E-state index contributed by atoms with van der Waals surface area (Å²) in [6, 6.07) is 1.74. The summed E-state index contributed by atoms with van der Waals surface area (Å²) in [7, 11) is -3.18. The average Bonchev–Trinajstić information content (AvgIpc) is 2.57. The summed E-state index contributed by atoms with van der Waals surface area (Å²) in [5, 5.41) is 3.35. The molecule has 19 heavy (non-hydrogen) atoms. The van der Waals surface area contributed by atoms with E-state index in [1.165, 1.54) is 17.6 Å². The molecule has 1 N–H and O–H groups in total. The van der Waals surface area contributed by atoms with E-state index >= 15 is 0 Å². The first kappa shape index (κ1) is 17.0. The summed E-state index contributed by atoms with van der Waals surface area (Å²) in [5.41, 5.74) is 0.995. The highest BCUT2D eigenvalue weighted by molar-refractivity contribution is 7.92. The fourth-order valence-corrected chi connectivity index (χ4v) is 4.01. The van der Waals surface area contributed by atoms with Gasteiger partial charge in [-0.25, -0.2) is 8.42 Å². The zero-order chi connectivity index (χ0) is 14.8. The molecule has 1 rings (SSSR count). The smallest absolute Gasteiger partial charge is 0.154 e. The molecule has 0 aliphatic rings. The molecule has 0 fully saturated rings. The highest BCUT2D eigenvalue weighted by Gasteiger charge is 2.40. The molecule has 1 unspecified atom stereocenters. The third kappa shape index (κ3) is 3.72. The van der Waals surface area contributed by atoms with Crippen molar-refractivity contribution in [1.29, 1.82) is 0 Å². The van der Waals surface area contributed by atoms with Gasteiger partial charge in [-0.2, -0.15) is 0 Å². The molecule has 0 radical (unpaired) electrons. The topological polar surface area (TPSA) is 46.2 Å². The first-order valence-corrected chi connectivity index (χ1v) is 9.38. The van der Waals surface area contributed by atoms with Gasteiger partial charge in [0, 0.05) is 11.1 Å². The van der Waals surface area contributed by atoms with Crippen LogP contribution in [0.1, 0.15) is 43.7 Å². The van der Waals surface area contributed by atoms with Gasteiger partial charge in [0.2, 0.25) is 0 Å². The van der Waals surface area contributed by atoms with Crippen molar-refractivity contribution in [3.63, 3.8) is 0 Å². The van der Waals surface area contributed by atoms with Crippen LogP contribution in [-0.4, -0.2) is 26.0 Å². The van der Waals surface area contributed by atoms with Crippen molar-refractivity contribution < 1.29 is 8.42 Å². The van der Waals surface area contributed by atoms with Gasteiger partial charge in [-0.15, -0.1) is 11.3 Å². The van der Waals surface area contributed by atoms with Gasteiger partial charge in [0.15, 0.2) is 9.84 Å². The van der Waals surface area contributed by atoms with Crippen molar-refractivity contribution in [2.45, 2.75) is 44.9 Å². The normalized spacial score (nSPS) is 14.6. The summed E-state index contributed by atoms with van der Waals surface area (Å²) in [6.45, 7) is 8.30. The van der Waals surface area contributed by atoms with Crippen LogP contribution in [0.5, 0.6) is 0 Å². The predicted octanol–water partition coefficient (Wildman–Crippen LogP) is 3.57. The Morgan fingerprint density at radius 3 is 2.42 bits per heavy atom. The van der Waals surface area contributed by atoms with E-state index in [-0.39, 0.29) is 6.04 Å². The van der Waals surface area contributed by atoms with E-state index in [4.69, 9.17) is 11.6 Å². The third-order valence-electron chi connectivity index (χ3n) is 3.41. The van der Waals surface area contributed by atoms with Gasteiger partial charge >= 0.3 is 0 Å². The van der Waals surface area contributed by atoms with Crippen LogP contribution in [0.2, 0.25) is 4.34 Å². The molecule has 1 heterocycles. The number of nitrogens with one attached hydrogen (secondary N) is 1. The minimum atomic E-state index is -3.18. The zero-order valence-corrected chi connectivity index (χ0v) is 14.5. The lowest BCUT2D eigenvalue weighted by Crippen LogP contribution is -2.44. The zero-order valence-electron chi connectivity index (χ0n) is 12.1. The number of hydrogen-bond donors (Lipinski definition) is 1. The molecule has 6 heteroatoms. The Morgan fingerprint density at radius 2 is 2.05 bits per heavy atom. The molecule has 0 aromatic carbocycles. The standard InChI is InChI=1S/C13H22ClNO2S2/c1-6-7-15-11(13(3,4)19(5,16)17)10-8-9(2)12(14)18-10/h8,11,15H,6-7H2,1-5H3. The summed E-state index contributed by atoms with van der Waals surface area (Å²) in [5.74, 6) is 0. The fourth-order valence-electron chi connectivity index (χ4n) is 1.82.